The first-order valence-electron chi connectivity index (χ1n) is 4.35. The van der Waals surface area contributed by atoms with E-state index in [9.17, 15) is 0 Å². The molecule has 0 aliphatic heterocycles. The fraction of sp³-hybridized carbons (Fsp3) is 0.800. The van der Waals surface area contributed by atoms with Crippen LogP contribution in [0.5, 0.6) is 0 Å². The van der Waals surface area contributed by atoms with E-state index in [0.717, 1.165) is 12.3 Å². The Morgan fingerprint density at radius 3 is 2.18 bits per heavy atom. The average molecular weight is 175 g/mol. The van der Waals surface area contributed by atoms with Gasteiger partial charge in [-0.2, -0.15) is 0 Å². The number of halogens is 1. The molecule has 0 aliphatic rings. The van der Waals surface area contributed by atoms with E-state index in [1.165, 1.54) is 12.0 Å². The van der Waals surface area contributed by atoms with Crippen LogP contribution in [0.4, 0.5) is 0 Å². The second-order valence-corrected chi connectivity index (χ2v) is 3.64. The van der Waals surface area contributed by atoms with E-state index in [1.54, 1.807) is 5.57 Å². The van der Waals surface area contributed by atoms with Gasteiger partial charge in [0.05, 0.1) is 0 Å². The normalized spacial score (nSPS) is 12.8. The summed E-state index contributed by atoms with van der Waals surface area (Å²) in [5.74, 6) is 1.44. The van der Waals surface area contributed by atoms with E-state index in [1.807, 2.05) is 0 Å². The van der Waals surface area contributed by atoms with Crippen molar-refractivity contribution >= 4 is 11.6 Å². The summed E-state index contributed by atoms with van der Waals surface area (Å²) in [6, 6.07) is 0. The van der Waals surface area contributed by atoms with E-state index in [-0.39, 0.29) is 0 Å². The van der Waals surface area contributed by atoms with Gasteiger partial charge in [-0.15, -0.1) is 11.6 Å². The van der Waals surface area contributed by atoms with Gasteiger partial charge in [0, 0.05) is 5.88 Å². The average Bonchev–Trinajstić information content (AvgIpc) is 1.88. The molecule has 0 fully saturated rings. The van der Waals surface area contributed by atoms with Crippen molar-refractivity contribution in [2.45, 2.75) is 40.5 Å². The molecule has 0 radical (unpaired) electrons. The summed E-state index contributed by atoms with van der Waals surface area (Å²) in [6.07, 6.45) is 2.27. The Kier molecular flexibility index (Phi) is 5.67. The Balaban J connectivity index is 4.15. The maximum Gasteiger partial charge on any atom is 0.0229 e. The van der Waals surface area contributed by atoms with Gasteiger partial charge in [-0.25, -0.2) is 0 Å². The van der Waals surface area contributed by atoms with Crippen molar-refractivity contribution in [1.82, 2.24) is 0 Å². The molecular formula is C10H19Cl. The molecule has 1 atom stereocenters. The predicted octanol–water partition coefficient (Wildman–Crippen LogP) is 4.00. The van der Waals surface area contributed by atoms with Crippen LogP contribution in [0.1, 0.15) is 40.5 Å². The lowest BCUT2D eigenvalue weighted by atomic mass is 9.93. The van der Waals surface area contributed by atoms with Crippen molar-refractivity contribution < 1.29 is 0 Å². The van der Waals surface area contributed by atoms with Crippen LogP contribution in [0, 0.1) is 5.92 Å². The first kappa shape index (κ1) is 11.0. The summed E-state index contributed by atoms with van der Waals surface area (Å²) < 4.78 is 0. The number of hydrogen-bond donors (Lipinski definition) is 0. The van der Waals surface area contributed by atoms with Crippen molar-refractivity contribution in [3.8, 4) is 0 Å². The smallest absolute Gasteiger partial charge is 0.0229 e. The topological polar surface area (TPSA) is 0 Å². The third kappa shape index (κ3) is 3.81. The predicted molar refractivity (Wildman–Crippen MR) is 53.2 cm³/mol. The first-order chi connectivity index (χ1) is 5.13. The van der Waals surface area contributed by atoms with Crippen LogP contribution in [0.2, 0.25) is 0 Å². The van der Waals surface area contributed by atoms with Gasteiger partial charge in [-0.3, -0.25) is 0 Å². The van der Waals surface area contributed by atoms with Crippen molar-refractivity contribution in [2.75, 3.05) is 5.88 Å². The first-order valence-corrected chi connectivity index (χ1v) is 4.89. The molecule has 0 rings (SSSR count). The highest BCUT2D eigenvalue weighted by atomic mass is 35.5. The van der Waals surface area contributed by atoms with Gasteiger partial charge in [-0.05, 0) is 32.6 Å². The van der Waals surface area contributed by atoms with Gasteiger partial charge in [0.25, 0.3) is 0 Å². The number of alkyl halides is 1. The highest BCUT2D eigenvalue weighted by Crippen LogP contribution is 2.21. The Morgan fingerprint density at radius 1 is 1.36 bits per heavy atom. The minimum absolute atomic E-state index is 0.669. The van der Waals surface area contributed by atoms with Crippen LogP contribution in [-0.2, 0) is 0 Å². The molecule has 0 aromatic heterocycles. The third-order valence-corrected chi connectivity index (χ3v) is 2.38. The summed E-state index contributed by atoms with van der Waals surface area (Å²) in [6.45, 7) is 8.84. The molecule has 0 heterocycles. The Hall–Kier alpha value is 0.0300. The van der Waals surface area contributed by atoms with E-state index in [4.69, 9.17) is 11.6 Å². The molecule has 0 amide bonds. The van der Waals surface area contributed by atoms with Crippen molar-refractivity contribution in [1.29, 1.82) is 0 Å². The lowest BCUT2D eigenvalue weighted by Crippen LogP contribution is -2.01. The van der Waals surface area contributed by atoms with E-state index in [0.29, 0.717) is 5.92 Å². The lowest BCUT2D eigenvalue weighted by Gasteiger charge is -2.14. The molecular weight excluding hydrogens is 156 g/mol. The molecule has 66 valence electrons. The molecule has 11 heavy (non-hydrogen) atoms. The minimum atomic E-state index is 0.669. The summed E-state index contributed by atoms with van der Waals surface area (Å²) in [5, 5.41) is 0. The fourth-order valence-electron chi connectivity index (χ4n) is 1.53. The second-order valence-electron chi connectivity index (χ2n) is 3.26. The maximum atomic E-state index is 5.68. The molecule has 0 N–H and O–H groups in total. The standard InChI is InChI=1S/C10H19Cl/c1-5-10(8(2)3)9(4)6-7-11/h9H,5-7H2,1-4H3/t9-/m0/s1. The SMILES string of the molecule is CCC(=C(C)C)[C@@H](C)CCCl. The van der Waals surface area contributed by atoms with E-state index >= 15 is 0 Å². The van der Waals surface area contributed by atoms with Crippen LogP contribution < -0.4 is 0 Å². The molecule has 0 saturated heterocycles. The number of rotatable bonds is 4. The summed E-state index contributed by atoms with van der Waals surface area (Å²) in [5.41, 5.74) is 3.04. The minimum Gasteiger partial charge on any atom is -0.127 e. The number of hydrogen-bond acceptors (Lipinski definition) is 0. The van der Waals surface area contributed by atoms with Gasteiger partial charge in [0.15, 0.2) is 0 Å². The molecule has 0 saturated carbocycles. The zero-order valence-corrected chi connectivity index (χ0v) is 8.83. The molecule has 0 aromatic rings. The Morgan fingerprint density at radius 2 is 1.91 bits per heavy atom. The van der Waals surface area contributed by atoms with Gasteiger partial charge >= 0.3 is 0 Å². The molecule has 0 aliphatic carbocycles. The van der Waals surface area contributed by atoms with Gasteiger partial charge in [0.1, 0.15) is 0 Å². The zero-order chi connectivity index (χ0) is 8.85. The molecule has 0 aromatic carbocycles. The highest BCUT2D eigenvalue weighted by Gasteiger charge is 2.06. The largest absolute Gasteiger partial charge is 0.127 e. The fourth-order valence-corrected chi connectivity index (χ4v) is 1.86. The van der Waals surface area contributed by atoms with Gasteiger partial charge in [-0.1, -0.05) is 25.0 Å². The zero-order valence-electron chi connectivity index (χ0n) is 8.08. The van der Waals surface area contributed by atoms with Gasteiger partial charge in [0.2, 0.25) is 0 Å². The summed E-state index contributed by atoms with van der Waals surface area (Å²) in [4.78, 5) is 0. The van der Waals surface area contributed by atoms with Crippen LogP contribution in [0.15, 0.2) is 11.1 Å². The van der Waals surface area contributed by atoms with Crippen LogP contribution in [0.3, 0.4) is 0 Å². The van der Waals surface area contributed by atoms with Gasteiger partial charge < -0.3 is 0 Å². The second kappa shape index (κ2) is 5.65. The Labute approximate surface area is 75.6 Å². The van der Waals surface area contributed by atoms with Crippen LogP contribution in [-0.4, -0.2) is 5.88 Å². The van der Waals surface area contributed by atoms with Crippen molar-refractivity contribution in [2.24, 2.45) is 5.92 Å². The molecule has 0 unspecified atom stereocenters. The van der Waals surface area contributed by atoms with Crippen molar-refractivity contribution in [3.05, 3.63) is 11.1 Å². The van der Waals surface area contributed by atoms with Crippen molar-refractivity contribution in [3.63, 3.8) is 0 Å². The third-order valence-electron chi connectivity index (χ3n) is 2.16. The monoisotopic (exact) mass is 174 g/mol. The van der Waals surface area contributed by atoms with Crippen LogP contribution in [0.25, 0.3) is 0 Å². The summed E-state index contributed by atoms with van der Waals surface area (Å²) in [7, 11) is 0. The van der Waals surface area contributed by atoms with Crippen LogP contribution >= 0.6 is 11.6 Å². The van der Waals surface area contributed by atoms with E-state index < -0.39 is 0 Å². The molecule has 1 heteroatoms. The molecule has 0 spiro atoms. The molecule has 0 bridgehead atoms. The maximum absolute atomic E-state index is 5.68. The Bertz CT molecular complexity index is 132. The van der Waals surface area contributed by atoms with E-state index in [2.05, 4.69) is 27.7 Å². The number of allylic oxidation sites excluding steroid dienone is 2. The summed E-state index contributed by atoms with van der Waals surface area (Å²) >= 11 is 5.68. The highest BCUT2D eigenvalue weighted by molar-refractivity contribution is 6.17. The quantitative estimate of drug-likeness (QED) is 0.447. The lowest BCUT2D eigenvalue weighted by molar-refractivity contribution is 0.629. The molecule has 0 nitrogen and oxygen atoms in total.